The Kier molecular flexibility index (Phi) is 79.4. The second kappa shape index (κ2) is 80.8. The summed E-state index contributed by atoms with van der Waals surface area (Å²) in [5, 5.41) is 10.7. The molecule has 5 atom stereocenters. The van der Waals surface area contributed by atoms with E-state index in [4.69, 9.17) is 37.0 Å². The first-order valence-electron chi connectivity index (χ1n) is 46.8. The summed E-state index contributed by atoms with van der Waals surface area (Å²) in [6, 6.07) is 0. The molecule has 0 spiro atoms. The minimum absolute atomic E-state index is 0.107. The summed E-state index contributed by atoms with van der Waals surface area (Å²) >= 11 is 0. The van der Waals surface area contributed by atoms with E-state index in [1.807, 2.05) is 0 Å². The lowest BCUT2D eigenvalue weighted by molar-refractivity contribution is -0.161. The molecule has 0 fully saturated rings. The number of hydrogen-bond acceptors (Lipinski definition) is 15. The normalized spacial score (nSPS) is 13.8. The Balaban J connectivity index is 5.19. The van der Waals surface area contributed by atoms with Crippen molar-refractivity contribution in [2.75, 3.05) is 39.6 Å². The molecule has 2 unspecified atom stereocenters. The topological polar surface area (TPSA) is 237 Å². The Morgan fingerprint density at radius 2 is 0.418 bits per heavy atom. The third-order valence-corrected chi connectivity index (χ3v) is 23.3. The zero-order valence-corrected chi connectivity index (χ0v) is 74.5. The Hall–Kier alpha value is -1.94. The molecule has 0 aliphatic rings. The van der Waals surface area contributed by atoms with Crippen molar-refractivity contribution in [1.82, 2.24) is 0 Å². The average molecular weight is 1610 g/mol. The first kappa shape index (κ1) is 108. The number of phosphoric ester groups is 2. The molecular formula is C91H178O17P2. The second-order valence-electron chi connectivity index (χ2n) is 34.1. The van der Waals surface area contributed by atoms with Crippen LogP contribution in [0.25, 0.3) is 0 Å². The molecule has 19 heteroatoms. The molecule has 0 bridgehead atoms. The van der Waals surface area contributed by atoms with Gasteiger partial charge in [0.1, 0.15) is 19.3 Å². The Labute approximate surface area is 677 Å². The lowest BCUT2D eigenvalue weighted by atomic mass is 10.0. The minimum Gasteiger partial charge on any atom is -0.462 e. The van der Waals surface area contributed by atoms with E-state index in [2.05, 4.69) is 48.5 Å². The van der Waals surface area contributed by atoms with Crippen LogP contribution >= 0.6 is 15.6 Å². The molecule has 0 aromatic heterocycles. The maximum atomic E-state index is 13.2. The van der Waals surface area contributed by atoms with Gasteiger partial charge in [-0.15, -0.1) is 0 Å². The maximum absolute atomic E-state index is 13.2. The van der Waals surface area contributed by atoms with Crippen molar-refractivity contribution >= 4 is 39.5 Å². The Morgan fingerprint density at radius 3 is 0.618 bits per heavy atom. The number of ether oxygens (including phenoxy) is 4. The molecule has 0 aromatic rings. The molecule has 0 aliphatic carbocycles. The molecular weight excluding hydrogens is 1430 g/mol. The molecule has 17 nitrogen and oxygen atoms in total. The maximum Gasteiger partial charge on any atom is 0.472 e. The zero-order chi connectivity index (χ0) is 80.8. The summed E-state index contributed by atoms with van der Waals surface area (Å²) in [4.78, 5) is 73.3. The van der Waals surface area contributed by atoms with Crippen LogP contribution in [0.5, 0.6) is 0 Å². The van der Waals surface area contributed by atoms with Gasteiger partial charge in [-0.3, -0.25) is 37.3 Å². The van der Waals surface area contributed by atoms with Crippen molar-refractivity contribution in [1.29, 1.82) is 0 Å². The third kappa shape index (κ3) is 84.0. The van der Waals surface area contributed by atoms with Crippen LogP contribution in [0.1, 0.15) is 485 Å². The molecule has 0 aromatic carbocycles. The summed E-state index contributed by atoms with van der Waals surface area (Å²) in [7, 11) is -9.93. The molecule has 0 rings (SSSR count). The highest BCUT2D eigenvalue weighted by atomic mass is 31.2. The highest BCUT2D eigenvalue weighted by Crippen LogP contribution is 2.45. The highest BCUT2D eigenvalue weighted by molar-refractivity contribution is 7.47. The van der Waals surface area contributed by atoms with Crippen LogP contribution in [0.3, 0.4) is 0 Å². The van der Waals surface area contributed by atoms with Crippen LogP contribution in [-0.2, 0) is 65.4 Å². The number of aliphatic hydroxyl groups excluding tert-OH is 1. The molecule has 654 valence electrons. The van der Waals surface area contributed by atoms with Crippen LogP contribution in [0.15, 0.2) is 0 Å². The fraction of sp³-hybridized carbons (Fsp3) is 0.956. The summed E-state index contributed by atoms with van der Waals surface area (Å²) < 4.78 is 69.0. The van der Waals surface area contributed by atoms with Crippen LogP contribution in [0, 0.1) is 17.8 Å². The second-order valence-corrected chi connectivity index (χ2v) is 37.0. The first-order valence-corrected chi connectivity index (χ1v) is 49.8. The van der Waals surface area contributed by atoms with Gasteiger partial charge in [0, 0.05) is 25.7 Å². The first-order chi connectivity index (χ1) is 53.2. The minimum atomic E-state index is -4.97. The molecule has 3 N–H and O–H groups in total. The Morgan fingerprint density at radius 1 is 0.245 bits per heavy atom. The van der Waals surface area contributed by atoms with Gasteiger partial charge in [0.15, 0.2) is 12.2 Å². The van der Waals surface area contributed by atoms with E-state index >= 15 is 0 Å². The van der Waals surface area contributed by atoms with Gasteiger partial charge in [-0.25, -0.2) is 9.13 Å². The molecule has 0 saturated heterocycles. The number of unbranched alkanes of at least 4 members (excludes halogenated alkanes) is 57. The summed E-state index contributed by atoms with van der Waals surface area (Å²) in [6.45, 7) is 12.0. The van der Waals surface area contributed by atoms with Gasteiger partial charge in [-0.05, 0) is 43.4 Å². The summed E-state index contributed by atoms with van der Waals surface area (Å²) in [6.07, 6.45) is 74.0. The van der Waals surface area contributed by atoms with Crippen molar-refractivity contribution in [3.63, 3.8) is 0 Å². The molecule has 0 radical (unpaired) electrons. The number of phosphoric acid groups is 2. The molecule has 0 saturated carbocycles. The SMILES string of the molecule is CCCCCCCCCCCCCCCCCCCCCCCCC(=O)O[C@H](COC(=O)CCCCCCCCCCCCCCCCCCCCC(C)C)COP(=O)(O)OC[C@@H](O)COP(=O)(O)OC[C@@H](COC(=O)CCCCCCCCC(C)C)OC(=O)CCCCCCCCCCCCCCCCCC(C)C. The number of hydrogen-bond donors (Lipinski definition) is 3. The smallest absolute Gasteiger partial charge is 0.462 e. The van der Waals surface area contributed by atoms with E-state index in [0.717, 1.165) is 108 Å². The van der Waals surface area contributed by atoms with Crippen LogP contribution in [0.2, 0.25) is 0 Å². The van der Waals surface area contributed by atoms with Crippen molar-refractivity contribution in [3.8, 4) is 0 Å². The van der Waals surface area contributed by atoms with E-state index in [1.54, 1.807) is 0 Å². The largest absolute Gasteiger partial charge is 0.472 e. The van der Waals surface area contributed by atoms with Gasteiger partial charge < -0.3 is 33.8 Å². The van der Waals surface area contributed by atoms with E-state index in [0.29, 0.717) is 31.6 Å². The van der Waals surface area contributed by atoms with Gasteiger partial charge in [-0.2, -0.15) is 0 Å². The fourth-order valence-corrected chi connectivity index (χ4v) is 15.8. The van der Waals surface area contributed by atoms with Crippen molar-refractivity contribution in [3.05, 3.63) is 0 Å². The van der Waals surface area contributed by atoms with E-state index < -0.39 is 97.5 Å². The Bertz CT molecular complexity index is 2110. The predicted molar refractivity (Wildman–Crippen MR) is 455 cm³/mol. The zero-order valence-electron chi connectivity index (χ0n) is 72.7. The monoisotopic (exact) mass is 1610 g/mol. The van der Waals surface area contributed by atoms with E-state index in [9.17, 15) is 43.2 Å². The molecule has 110 heavy (non-hydrogen) atoms. The molecule has 0 amide bonds. The number of aliphatic hydroxyl groups is 1. The van der Waals surface area contributed by atoms with Gasteiger partial charge in [0.25, 0.3) is 0 Å². The van der Waals surface area contributed by atoms with Gasteiger partial charge in [0.2, 0.25) is 0 Å². The lowest BCUT2D eigenvalue weighted by Crippen LogP contribution is -2.30. The number of esters is 4. The van der Waals surface area contributed by atoms with Crippen LogP contribution < -0.4 is 0 Å². The summed E-state index contributed by atoms with van der Waals surface area (Å²) in [5.41, 5.74) is 0. The van der Waals surface area contributed by atoms with Crippen molar-refractivity contribution in [2.24, 2.45) is 17.8 Å². The van der Waals surface area contributed by atoms with Crippen LogP contribution in [0.4, 0.5) is 0 Å². The fourth-order valence-electron chi connectivity index (χ4n) is 14.3. The average Bonchev–Trinajstić information content (AvgIpc) is 0.896. The number of carbonyl (C=O) groups is 4. The van der Waals surface area contributed by atoms with E-state index in [1.165, 1.54) is 289 Å². The lowest BCUT2D eigenvalue weighted by Gasteiger charge is -2.21. The van der Waals surface area contributed by atoms with Gasteiger partial charge in [0.05, 0.1) is 26.4 Å². The van der Waals surface area contributed by atoms with E-state index in [-0.39, 0.29) is 25.7 Å². The molecule has 0 heterocycles. The summed E-state index contributed by atoms with van der Waals surface area (Å²) in [5.74, 6) is 0.203. The number of carbonyl (C=O) groups excluding carboxylic acids is 4. The molecule has 0 aliphatic heterocycles. The quantitative estimate of drug-likeness (QED) is 0.0222. The van der Waals surface area contributed by atoms with Crippen molar-refractivity contribution in [2.45, 2.75) is 503 Å². The van der Waals surface area contributed by atoms with Gasteiger partial charge in [-0.1, -0.05) is 434 Å². The third-order valence-electron chi connectivity index (χ3n) is 21.4. The predicted octanol–water partition coefficient (Wildman–Crippen LogP) is 28.0. The highest BCUT2D eigenvalue weighted by Gasteiger charge is 2.31. The van der Waals surface area contributed by atoms with Crippen molar-refractivity contribution < 1.29 is 80.2 Å². The standard InChI is InChI=1S/C91H178O17P2/c1-8-9-10-11-12-13-14-15-16-17-18-19-20-21-26-31-36-41-46-51-60-67-74-90(95)107-86(78-101-88(93)72-65-58-50-45-40-35-30-25-23-22-24-28-33-38-43-48-55-62-69-82(2)3)80-105-109(97,98)103-76-85(92)77-104-110(99,100)106-81-87(79-102-89(94)73-66-59-54-53-57-64-71-84(6)7)108-91(96)75-68-61-52-47-42-37-32-27-29-34-39-44-49-56-63-70-83(4)5/h82-87,92H,8-81H2,1-7H3,(H,97,98)(H,99,100)/t85-,86-,87-/m1/s1. The number of rotatable bonds is 89. The van der Waals surface area contributed by atoms with Gasteiger partial charge >= 0.3 is 39.5 Å². The van der Waals surface area contributed by atoms with Crippen LogP contribution in [-0.4, -0.2) is 96.7 Å².